The first-order valence-electron chi connectivity index (χ1n) is 6.31. The van der Waals surface area contributed by atoms with E-state index in [1.54, 1.807) is 14.2 Å². The average molecular weight is 250 g/mol. The van der Waals surface area contributed by atoms with Gasteiger partial charge in [-0.25, -0.2) is 0 Å². The molecule has 1 fully saturated rings. The van der Waals surface area contributed by atoms with Crippen molar-refractivity contribution in [1.82, 2.24) is 0 Å². The number of anilines is 1. The number of hydrogen-bond donors (Lipinski definition) is 1. The molecule has 18 heavy (non-hydrogen) atoms. The van der Waals surface area contributed by atoms with Crippen LogP contribution < -0.4 is 20.1 Å². The summed E-state index contributed by atoms with van der Waals surface area (Å²) >= 11 is 0. The molecule has 2 rings (SSSR count). The zero-order valence-corrected chi connectivity index (χ0v) is 11.4. The second kappa shape index (κ2) is 5.06. The van der Waals surface area contributed by atoms with Gasteiger partial charge in [0, 0.05) is 30.4 Å². The number of ether oxygens (including phenoxy) is 2. The minimum atomic E-state index is -0.0208. The van der Waals surface area contributed by atoms with Crippen LogP contribution in [0.25, 0.3) is 0 Å². The molecule has 0 radical (unpaired) electrons. The number of methoxy groups -OCH3 is 2. The molecule has 0 spiro atoms. The standard InChI is InChI=1S/C14H22N2O2/c1-14(15)6-8-16(9-7-14)11-4-5-12(17-2)13(10-11)18-3/h4-5,10H,6-9,15H2,1-3H3. The van der Waals surface area contributed by atoms with Crippen molar-refractivity contribution in [3.8, 4) is 11.5 Å². The van der Waals surface area contributed by atoms with E-state index in [4.69, 9.17) is 15.2 Å². The molecule has 0 atom stereocenters. The lowest BCUT2D eigenvalue weighted by Gasteiger charge is -2.38. The maximum Gasteiger partial charge on any atom is 0.162 e. The van der Waals surface area contributed by atoms with Crippen LogP contribution in [0.15, 0.2) is 18.2 Å². The average Bonchev–Trinajstić information content (AvgIpc) is 2.38. The molecule has 1 aromatic carbocycles. The van der Waals surface area contributed by atoms with E-state index in [-0.39, 0.29) is 5.54 Å². The van der Waals surface area contributed by atoms with Crippen LogP contribution in [0.3, 0.4) is 0 Å². The highest BCUT2D eigenvalue weighted by molar-refractivity contribution is 5.56. The van der Waals surface area contributed by atoms with Gasteiger partial charge in [0.15, 0.2) is 11.5 Å². The van der Waals surface area contributed by atoms with Gasteiger partial charge in [-0.15, -0.1) is 0 Å². The van der Waals surface area contributed by atoms with E-state index in [9.17, 15) is 0 Å². The van der Waals surface area contributed by atoms with Gasteiger partial charge in [0.1, 0.15) is 0 Å². The molecule has 0 aliphatic carbocycles. The summed E-state index contributed by atoms with van der Waals surface area (Å²) in [5, 5.41) is 0. The highest BCUT2D eigenvalue weighted by atomic mass is 16.5. The van der Waals surface area contributed by atoms with Gasteiger partial charge in [-0.1, -0.05) is 0 Å². The molecule has 4 nitrogen and oxygen atoms in total. The van der Waals surface area contributed by atoms with Gasteiger partial charge in [-0.05, 0) is 31.9 Å². The van der Waals surface area contributed by atoms with Crippen molar-refractivity contribution in [2.24, 2.45) is 5.73 Å². The Hall–Kier alpha value is -1.42. The van der Waals surface area contributed by atoms with Gasteiger partial charge < -0.3 is 20.1 Å². The summed E-state index contributed by atoms with van der Waals surface area (Å²) in [6.45, 7) is 4.10. The van der Waals surface area contributed by atoms with Crippen molar-refractivity contribution in [2.45, 2.75) is 25.3 Å². The lowest BCUT2D eigenvalue weighted by molar-refractivity contribution is 0.352. The molecule has 1 aliphatic heterocycles. The fourth-order valence-electron chi connectivity index (χ4n) is 2.30. The van der Waals surface area contributed by atoms with Crippen molar-refractivity contribution < 1.29 is 9.47 Å². The summed E-state index contributed by atoms with van der Waals surface area (Å²) in [6, 6.07) is 6.04. The van der Waals surface area contributed by atoms with E-state index in [0.29, 0.717) is 0 Å². The van der Waals surface area contributed by atoms with Gasteiger partial charge in [0.2, 0.25) is 0 Å². The van der Waals surface area contributed by atoms with Crippen molar-refractivity contribution >= 4 is 5.69 Å². The van der Waals surface area contributed by atoms with Crippen molar-refractivity contribution in [3.05, 3.63) is 18.2 Å². The number of rotatable bonds is 3. The molecule has 1 saturated heterocycles. The van der Waals surface area contributed by atoms with Crippen LogP contribution in [-0.2, 0) is 0 Å². The Morgan fingerprint density at radius 3 is 2.28 bits per heavy atom. The lowest BCUT2D eigenvalue weighted by atomic mass is 9.91. The number of nitrogens with two attached hydrogens (primary N) is 1. The van der Waals surface area contributed by atoms with Gasteiger partial charge in [-0.2, -0.15) is 0 Å². The summed E-state index contributed by atoms with van der Waals surface area (Å²) < 4.78 is 10.6. The number of piperidine rings is 1. The molecule has 100 valence electrons. The van der Waals surface area contributed by atoms with Crippen LogP contribution in [0.2, 0.25) is 0 Å². The Morgan fingerprint density at radius 1 is 1.11 bits per heavy atom. The van der Waals surface area contributed by atoms with Crippen LogP contribution in [0.5, 0.6) is 11.5 Å². The first-order valence-corrected chi connectivity index (χ1v) is 6.31. The fourth-order valence-corrected chi connectivity index (χ4v) is 2.30. The van der Waals surface area contributed by atoms with Crippen molar-refractivity contribution in [1.29, 1.82) is 0 Å². The SMILES string of the molecule is COc1ccc(N2CCC(C)(N)CC2)cc1OC. The quantitative estimate of drug-likeness (QED) is 0.891. The van der Waals surface area contributed by atoms with Crippen molar-refractivity contribution in [2.75, 3.05) is 32.2 Å². The van der Waals surface area contributed by atoms with E-state index in [0.717, 1.165) is 37.4 Å². The van der Waals surface area contributed by atoms with Crippen LogP contribution in [0.4, 0.5) is 5.69 Å². The maximum atomic E-state index is 6.15. The predicted molar refractivity (Wildman–Crippen MR) is 73.6 cm³/mol. The molecule has 0 unspecified atom stereocenters. The number of benzene rings is 1. The lowest BCUT2D eigenvalue weighted by Crippen LogP contribution is -2.48. The predicted octanol–water partition coefficient (Wildman–Crippen LogP) is 2.02. The molecule has 0 saturated carbocycles. The Balaban J connectivity index is 2.15. The Bertz CT molecular complexity index is 408. The second-order valence-electron chi connectivity index (χ2n) is 5.18. The minimum absolute atomic E-state index is 0.0208. The minimum Gasteiger partial charge on any atom is -0.493 e. The van der Waals surface area contributed by atoms with Crippen LogP contribution in [0.1, 0.15) is 19.8 Å². The highest BCUT2D eigenvalue weighted by Crippen LogP contribution is 2.33. The molecule has 4 heteroatoms. The third-order valence-electron chi connectivity index (χ3n) is 3.64. The zero-order chi connectivity index (χ0) is 13.2. The maximum absolute atomic E-state index is 6.15. The molecular formula is C14H22N2O2. The molecule has 1 aliphatic rings. The third-order valence-corrected chi connectivity index (χ3v) is 3.64. The van der Waals surface area contributed by atoms with Crippen LogP contribution in [-0.4, -0.2) is 32.8 Å². The molecule has 0 bridgehead atoms. The molecule has 1 aromatic rings. The first-order chi connectivity index (χ1) is 8.55. The Labute approximate surface area is 109 Å². The molecular weight excluding hydrogens is 228 g/mol. The molecule has 1 heterocycles. The second-order valence-corrected chi connectivity index (χ2v) is 5.18. The smallest absolute Gasteiger partial charge is 0.162 e. The Kier molecular flexibility index (Phi) is 3.66. The van der Waals surface area contributed by atoms with Crippen LogP contribution in [0, 0.1) is 0 Å². The topological polar surface area (TPSA) is 47.7 Å². The molecule has 0 aromatic heterocycles. The Morgan fingerprint density at radius 2 is 1.72 bits per heavy atom. The van der Waals surface area contributed by atoms with E-state index in [1.165, 1.54) is 5.69 Å². The van der Waals surface area contributed by atoms with E-state index >= 15 is 0 Å². The number of nitrogens with zero attached hydrogens (tertiary/aromatic N) is 1. The summed E-state index contributed by atoms with van der Waals surface area (Å²) in [5.74, 6) is 1.54. The largest absolute Gasteiger partial charge is 0.493 e. The number of hydrogen-bond acceptors (Lipinski definition) is 4. The van der Waals surface area contributed by atoms with E-state index < -0.39 is 0 Å². The normalized spacial score (nSPS) is 18.6. The van der Waals surface area contributed by atoms with Gasteiger partial charge in [0.25, 0.3) is 0 Å². The van der Waals surface area contributed by atoms with Gasteiger partial charge in [0.05, 0.1) is 14.2 Å². The highest BCUT2D eigenvalue weighted by Gasteiger charge is 2.26. The molecule has 2 N–H and O–H groups in total. The monoisotopic (exact) mass is 250 g/mol. The van der Waals surface area contributed by atoms with Gasteiger partial charge in [-0.3, -0.25) is 0 Å². The fraction of sp³-hybridized carbons (Fsp3) is 0.571. The van der Waals surface area contributed by atoms with E-state index in [1.807, 2.05) is 12.1 Å². The summed E-state index contributed by atoms with van der Waals surface area (Å²) in [5.41, 5.74) is 7.30. The van der Waals surface area contributed by atoms with E-state index in [2.05, 4.69) is 17.9 Å². The molecule has 0 amide bonds. The summed E-state index contributed by atoms with van der Waals surface area (Å²) in [7, 11) is 3.31. The van der Waals surface area contributed by atoms with Crippen LogP contribution >= 0.6 is 0 Å². The third kappa shape index (κ3) is 2.70. The van der Waals surface area contributed by atoms with Gasteiger partial charge >= 0.3 is 0 Å². The first kappa shape index (κ1) is 13.0. The zero-order valence-electron chi connectivity index (χ0n) is 11.4. The summed E-state index contributed by atoms with van der Waals surface area (Å²) in [4.78, 5) is 2.34. The summed E-state index contributed by atoms with van der Waals surface area (Å²) in [6.07, 6.45) is 2.03. The van der Waals surface area contributed by atoms with Crippen molar-refractivity contribution in [3.63, 3.8) is 0 Å².